The number of aryl methyl sites for hydroxylation is 1. The van der Waals surface area contributed by atoms with Gasteiger partial charge in [-0.15, -0.1) is 0 Å². The third-order valence-corrected chi connectivity index (χ3v) is 3.92. The van der Waals surface area contributed by atoms with Crippen LogP contribution in [0.15, 0.2) is 23.0 Å². The van der Waals surface area contributed by atoms with Crippen molar-refractivity contribution in [1.29, 1.82) is 0 Å². The average molecular weight is 302 g/mol. The molecule has 3 rings (SSSR count). The van der Waals surface area contributed by atoms with Crippen molar-refractivity contribution in [2.45, 2.75) is 19.3 Å². The van der Waals surface area contributed by atoms with E-state index in [-0.39, 0.29) is 24.0 Å². The molecule has 1 fully saturated rings. The molecule has 1 aliphatic heterocycles. The number of benzene rings is 1. The number of carbonyl (C=O) groups excluding carboxylic acids is 2. The normalized spacial score (nSPS) is 15.0. The molecule has 1 aliphatic rings. The molecule has 0 bridgehead atoms. The number of nitrogens with zero attached hydrogens (tertiary/aromatic N) is 2. The molecule has 116 valence electrons. The Morgan fingerprint density at radius 3 is 2.73 bits per heavy atom. The van der Waals surface area contributed by atoms with Crippen molar-refractivity contribution in [1.82, 2.24) is 19.8 Å². The maximum atomic E-state index is 12.0. The van der Waals surface area contributed by atoms with Gasteiger partial charge in [-0.2, -0.15) is 0 Å². The van der Waals surface area contributed by atoms with Gasteiger partial charge in [-0.25, -0.2) is 4.79 Å². The first-order chi connectivity index (χ1) is 10.5. The number of aromatic nitrogens is 2. The first kappa shape index (κ1) is 14.4. The summed E-state index contributed by atoms with van der Waals surface area (Å²) in [6.45, 7) is 0.570. The number of amides is 2. The molecule has 2 N–H and O–H groups in total. The monoisotopic (exact) mass is 302 g/mol. The molecular formula is C15H18N4O3. The minimum Gasteiger partial charge on any atom is -0.326 e. The second-order valence-corrected chi connectivity index (χ2v) is 5.64. The molecule has 2 heterocycles. The number of aromatic amines is 2. The summed E-state index contributed by atoms with van der Waals surface area (Å²) < 4.78 is 0. The fourth-order valence-corrected chi connectivity index (χ4v) is 2.67. The summed E-state index contributed by atoms with van der Waals surface area (Å²) in [7, 11) is 1.70. The van der Waals surface area contributed by atoms with Crippen LogP contribution in [0.3, 0.4) is 0 Å². The topological polar surface area (TPSA) is 89.3 Å². The number of hydrogen-bond donors (Lipinski definition) is 2. The first-order valence-electron chi connectivity index (χ1n) is 7.25. The number of imidazole rings is 1. The number of carbonyl (C=O) groups is 2. The molecule has 0 saturated carbocycles. The van der Waals surface area contributed by atoms with Gasteiger partial charge in [0.15, 0.2) is 0 Å². The predicted octanol–water partition coefficient (Wildman–Crippen LogP) is 0.437. The maximum Gasteiger partial charge on any atom is 0.323 e. The molecule has 0 radical (unpaired) electrons. The highest BCUT2D eigenvalue weighted by atomic mass is 16.2. The van der Waals surface area contributed by atoms with Gasteiger partial charge >= 0.3 is 5.69 Å². The molecule has 1 saturated heterocycles. The van der Waals surface area contributed by atoms with E-state index in [1.54, 1.807) is 16.8 Å². The molecule has 0 spiro atoms. The fourth-order valence-electron chi connectivity index (χ4n) is 2.67. The van der Waals surface area contributed by atoms with Crippen LogP contribution in [0.5, 0.6) is 0 Å². The average Bonchev–Trinajstić information content (AvgIpc) is 3.00. The van der Waals surface area contributed by atoms with Crippen molar-refractivity contribution < 1.29 is 9.59 Å². The third-order valence-electron chi connectivity index (χ3n) is 3.92. The Morgan fingerprint density at radius 1 is 1.23 bits per heavy atom. The van der Waals surface area contributed by atoms with E-state index in [2.05, 4.69) is 9.97 Å². The molecular weight excluding hydrogens is 284 g/mol. The van der Waals surface area contributed by atoms with E-state index in [4.69, 9.17) is 0 Å². The Bertz CT molecular complexity index is 776. The summed E-state index contributed by atoms with van der Waals surface area (Å²) in [6, 6.07) is 5.73. The summed E-state index contributed by atoms with van der Waals surface area (Å²) in [4.78, 5) is 43.2. The number of rotatable bonds is 4. The van der Waals surface area contributed by atoms with Crippen molar-refractivity contribution in [2.24, 2.45) is 0 Å². The van der Waals surface area contributed by atoms with Crippen molar-refractivity contribution in [2.75, 3.05) is 20.3 Å². The van der Waals surface area contributed by atoms with Crippen LogP contribution in [0.2, 0.25) is 0 Å². The number of H-pyrrole nitrogens is 2. The Kier molecular flexibility index (Phi) is 3.70. The molecule has 2 aromatic rings. The van der Waals surface area contributed by atoms with E-state index in [9.17, 15) is 14.4 Å². The van der Waals surface area contributed by atoms with Gasteiger partial charge in [0.05, 0.1) is 17.7 Å². The molecule has 0 unspecified atom stereocenters. The molecule has 7 heteroatoms. The van der Waals surface area contributed by atoms with Crippen LogP contribution in [0.25, 0.3) is 11.0 Å². The van der Waals surface area contributed by atoms with Crippen molar-refractivity contribution in [3.8, 4) is 0 Å². The third kappa shape index (κ3) is 2.88. The smallest absolute Gasteiger partial charge is 0.323 e. The van der Waals surface area contributed by atoms with Gasteiger partial charge in [0.25, 0.3) is 0 Å². The fraction of sp³-hybridized carbons (Fsp3) is 0.400. The van der Waals surface area contributed by atoms with Crippen LogP contribution < -0.4 is 5.69 Å². The van der Waals surface area contributed by atoms with Gasteiger partial charge in [-0.3, -0.25) is 9.59 Å². The summed E-state index contributed by atoms with van der Waals surface area (Å²) in [5, 5.41) is 0. The highest BCUT2D eigenvalue weighted by Gasteiger charge is 2.27. The van der Waals surface area contributed by atoms with E-state index in [1.807, 2.05) is 18.2 Å². The lowest BCUT2D eigenvalue weighted by atomic mass is 10.1. The zero-order valence-electron chi connectivity index (χ0n) is 12.4. The molecule has 1 aromatic heterocycles. The summed E-state index contributed by atoms with van der Waals surface area (Å²) in [6.07, 6.45) is 1.89. The van der Waals surface area contributed by atoms with Gasteiger partial charge in [0.1, 0.15) is 6.54 Å². The summed E-state index contributed by atoms with van der Waals surface area (Å²) >= 11 is 0. The summed E-state index contributed by atoms with van der Waals surface area (Å²) in [5.74, 6) is -0.0101. The quantitative estimate of drug-likeness (QED) is 0.858. The zero-order chi connectivity index (χ0) is 15.7. The molecule has 0 atom stereocenters. The van der Waals surface area contributed by atoms with Crippen LogP contribution in [0.1, 0.15) is 18.4 Å². The lowest BCUT2D eigenvalue weighted by Gasteiger charge is -2.14. The molecule has 2 amide bonds. The predicted molar refractivity (Wildman–Crippen MR) is 81.2 cm³/mol. The largest absolute Gasteiger partial charge is 0.326 e. The lowest BCUT2D eigenvalue weighted by molar-refractivity contribution is -0.131. The lowest BCUT2D eigenvalue weighted by Crippen LogP contribution is -2.29. The van der Waals surface area contributed by atoms with Gasteiger partial charge in [-0.1, -0.05) is 6.07 Å². The van der Waals surface area contributed by atoms with Gasteiger partial charge < -0.3 is 19.8 Å². The van der Waals surface area contributed by atoms with Gasteiger partial charge in [-0.05, 0) is 30.5 Å². The number of nitrogens with one attached hydrogen (secondary N) is 2. The van der Waals surface area contributed by atoms with Crippen LogP contribution in [-0.2, 0) is 16.0 Å². The van der Waals surface area contributed by atoms with Gasteiger partial charge in [0, 0.05) is 13.5 Å². The Labute approximate surface area is 126 Å². The van der Waals surface area contributed by atoms with Crippen LogP contribution >= 0.6 is 0 Å². The minimum atomic E-state index is -0.217. The van der Waals surface area contributed by atoms with Crippen molar-refractivity contribution in [3.05, 3.63) is 34.2 Å². The number of likely N-dealkylation sites (N-methyl/N-ethyl adjacent to an activating group) is 1. The van der Waals surface area contributed by atoms with E-state index < -0.39 is 0 Å². The highest BCUT2D eigenvalue weighted by Crippen LogP contribution is 2.14. The SMILES string of the molecule is CN1CN(C(=O)CCCc2ccc3[nH]c(=O)[nH]c3c2)CC1=O. The second kappa shape index (κ2) is 5.67. The van der Waals surface area contributed by atoms with Crippen molar-refractivity contribution >= 4 is 22.8 Å². The Morgan fingerprint density at radius 2 is 2.00 bits per heavy atom. The molecule has 22 heavy (non-hydrogen) atoms. The second-order valence-electron chi connectivity index (χ2n) is 5.64. The van der Waals surface area contributed by atoms with E-state index >= 15 is 0 Å². The van der Waals surface area contributed by atoms with E-state index in [0.29, 0.717) is 19.5 Å². The Balaban J connectivity index is 1.54. The van der Waals surface area contributed by atoms with Gasteiger partial charge in [0.2, 0.25) is 11.8 Å². The van der Waals surface area contributed by atoms with E-state index in [0.717, 1.165) is 23.0 Å². The van der Waals surface area contributed by atoms with Crippen molar-refractivity contribution in [3.63, 3.8) is 0 Å². The zero-order valence-corrected chi connectivity index (χ0v) is 12.4. The molecule has 7 nitrogen and oxygen atoms in total. The number of fused-ring (bicyclic) bond motifs is 1. The molecule has 0 aliphatic carbocycles. The Hall–Kier alpha value is -2.57. The van der Waals surface area contributed by atoms with E-state index in [1.165, 1.54) is 0 Å². The first-order valence-corrected chi connectivity index (χ1v) is 7.25. The van der Waals surface area contributed by atoms with Crippen LogP contribution in [-0.4, -0.2) is 51.8 Å². The van der Waals surface area contributed by atoms with Crippen LogP contribution in [0, 0.1) is 0 Å². The summed E-state index contributed by atoms with van der Waals surface area (Å²) in [5.41, 5.74) is 2.42. The van der Waals surface area contributed by atoms with Crippen LogP contribution in [0.4, 0.5) is 0 Å². The maximum absolute atomic E-state index is 12.0. The molecule has 1 aromatic carbocycles. The standard InChI is InChI=1S/C15H18N4O3/c1-18-9-19(8-14(18)21)13(20)4-2-3-10-5-6-11-12(7-10)17-15(22)16-11/h5-7H,2-4,8-9H2,1H3,(H2,16,17,22). The minimum absolute atomic E-state index is 0.00818. The highest BCUT2D eigenvalue weighted by molar-refractivity contribution is 5.87. The number of hydrogen-bond acceptors (Lipinski definition) is 3.